The van der Waals surface area contributed by atoms with Gasteiger partial charge in [-0.15, -0.1) is 0 Å². The van der Waals surface area contributed by atoms with E-state index in [-0.39, 0.29) is 11.5 Å². The van der Waals surface area contributed by atoms with Gasteiger partial charge in [0.15, 0.2) is 0 Å². The molecule has 3 aromatic rings. The van der Waals surface area contributed by atoms with E-state index in [1.54, 1.807) is 30.3 Å². The number of alkyl halides is 3. The summed E-state index contributed by atoms with van der Waals surface area (Å²) in [5, 5.41) is 10.8. The van der Waals surface area contributed by atoms with E-state index in [4.69, 9.17) is 4.98 Å². The number of aromatic nitrogens is 1. The fraction of sp³-hybridized carbons (Fsp3) is 0.448. The number of para-hydroxylation sites is 1. The third-order valence-electron chi connectivity index (χ3n) is 7.89. The summed E-state index contributed by atoms with van der Waals surface area (Å²) in [5.74, 6) is -0.796. The molecule has 7 heteroatoms. The number of hydrogen-bond acceptors (Lipinski definition) is 3. The summed E-state index contributed by atoms with van der Waals surface area (Å²) < 4.78 is 40.5. The number of rotatable bonds is 5. The Morgan fingerprint density at radius 2 is 1.69 bits per heavy atom. The van der Waals surface area contributed by atoms with Crippen molar-refractivity contribution in [2.24, 2.45) is 5.92 Å². The van der Waals surface area contributed by atoms with E-state index in [1.165, 1.54) is 25.3 Å². The third-order valence-corrected chi connectivity index (χ3v) is 7.89. The van der Waals surface area contributed by atoms with Crippen LogP contribution < -0.4 is 0 Å². The van der Waals surface area contributed by atoms with Crippen molar-refractivity contribution < 1.29 is 23.1 Å². The molecule has 0 amide bonds. The van der Waals surface area contributed by atoms with Crippen molar-refractivity contribution in [3.63, 3.8) is 0 Å². The number of pyridine rings is 1. The smallest absolute Gasteiger partial charge is 0.416 e. The Morgan fingerprint density at radius 3 is 2.39 bits per heavy atom. The summed E-state index contributed by atoms with van der Waals surface area (Å²) in [7, 11) is 0. The summed E-state index contributed by atoms with van der Waals surface area (Å²) in [6.45, 7) is 2.32. The van der Waals surface area contributed by atoms with Gasteiger partial charge in [-0.2, -0.15) is 13.2 Å². The Labute approximate surface area is 209 Å². The molecule has 0 spiro atoms. The van der Waals surface area contributed by atoms with E-state index in [1.807, 2.05) is 0 Å². The molecule has 0 atom stereocenters. The summed E-state index contributed by atoms with van der Waals surface area (Å²) in [5.41, 5.74) is 1.05. The zero-order valence-corrected chi connectivity index (χ0v) is 20.2. The number of nitrogens with zero attached hydrogens (tertiary/aromatic N) is 2. The number of halogens is 3. The zero-order valence-electron chi connectivity index (χ0n) is 20.2. The Kier molecular flexibility index (Phi) is 7.02. The zero-order chi connectivity index (χ0) is 25.3. The Bertz CT molecular complexity index is 1240. The number of carboxylic acid groups (broad SMARTS) is 1. The fourth-order valence-corrected chi connectivity index (χ4v) is 6.06. The molecule has 1 N–H and O–H groups in total. The van der Waals surface area contributed by atoms with Crippen LogP contribution in [-0.2, 0) is 12.6 Å². The highest BCUT2D eigenvalue weighted by atomic mass is 19.4. The first-order chi connectivity index (χ1) is 17.3. The fourth-order valence-electron chi connectivity index (χ4n) is 6.06. The lowest BCUT2D eigenvalue weighted by Crippen LogP contribution is -2.41. The largest absolute Gasteiger partial charge is 0.478 e. The van der Waals surface area contributed by atoms with Gasteiger partial charge in [-0.05, 0) is 87.7 Å². The van der Waals surface area contributed by atoms with Gasteiger partial charge in [-0.3, -0.25) is 0 Å². The minimum absolute atomic E-state index is 0.158. The monoisotopic (exact) mass is 496 g/mol. The highest BCUT2D eigenvalue weighted by Gasteiger charge is 2.32. The van der Waals surface area contributed by atoms with E-state index < -0.39 is 17.7 Å². The van der Waals surface area contributed by atoms with Crippen LogP contribution in [0.25, 0.3) is 22.2 Å². The summed E-state index contributed by atoms with van der Waals surface area (Å²) in [6.07, 6.45) is 3.93. The van der Waals surface area contributed by atoms with Gasteiger partial charge in [0.1, 0.15) is 0 Å². The average Bonchev–Trinajstić information content (AvgIpc) is 2.88. The van der Waals surface area contributed by atoms with Gasteiger partial charge in [0, 0.05) is 17.0 Å². The molecule has 4 nitrogen and oxygen atoms in total. The van der Waals surface area contributed by atoms with Gasteiger partial charge in [0.05, 0.1) is 22.3 Å². The van der Waals surface area contributed by atoms with Crippen LogP contribution in [0.15, 0.2) is 48.5 Å². The second-order valence-corrected chi connectivity index (χ2v) is 10.2. The number of hydrogen-bond donors (Lipinski definition) is 1. The third kappa shape index (κ3) is 5.12. The quantitative estimate of drug-likeness (QED) is 0.406. The Morgan fingerprint density at radius 1 is 0.972 bits per heavy atom. The van der Waals surface area contributed by atoms with E-state index in [2.05, 4.69) is 4.90 Å². The maximum atomic E-state index is 13.5. The van der Waals surface area contributed by atoms with Crippen LogP contribution >= 0.6 is 0 Å². The molecule has 0 radical (unpaired) electrons. The van der Waals surface area contributed by atoms with Gasteiger partial charge in [-0.1, -0.05) is 36.8 Å². The van der Waals surface area contributed by atoms with Crippen molar-refractivity contribution in [1.29, 1.82) is 0 Å². The number of carbonyl (C=O) groups is 1. The SMILES string of the molecule is O=C(O)c1c(CC2CCC(N3CCCCC3)CC2)c(-c2cccc(C(F)(F)F)c2)nc2ccccc12. The first-order valence-corrected chi connectivity index (χ1v) is 12.9. The molecule has 2 heterocycles. The van der Waals surface area contributed by atoms with Gasteiger partial charge in [0.2, 0.25) is 0 Å². The first kappa shape index (κ1) is 24.8. The predicted molar refractivity (Wildman–Crippen MR) is 134 cm³/mol. The maximum Gasteiger partial charge on any atom is 0.416 e. The molecule has 190 valence electrons. The topological polar surface area (TPSA) is 53.4 Å². The molecule has 1 aliphatic carbocycles. The molecule has 1 saturated carbocycles. The standard InChI is InChI=1S/C29H31F3N2O2/c30-29(31,32)21-8-6-7-20(18-21)27-24(26(28(35)36)23-9-2-3-10-25(23)33-27)17-19-11-13-22(14-12-19)34-15-4-1-5-16-34/h2-3,6-10,18-19,22H,1,4-5,11-17H2,(H,35,36). The van der Waals surface area contributed by atoms with Crippen molar-refractivity contribution >= 4 is 16.9 Å². The molecule has 0 unspecified atom stereocenters. The Hall–Kier alpha value is -2.93. The highest BCUT2D eigenvalue weighted by molar-refractivity contribution is 6.05. The number of fused-ring (bicyclic) bond motifs is 1. The highest BCUT2D eigenvalue weighted by Crippen LogP contribution is 2.38. The second kappa shape index (κ2) is 10.2. The predicted octanol–water partition coefficient (Wildman–Crippen LogP) is 7.21. The van der Waals surface area contributed by atoms with Crippen molar-refractivity contribution in [2.45, 2.75) is 63.6 Å². The number of carboxylic acids is 1. The lowest BCUT2D eigenvalue weighted by atomic mass is 9.79. The van der Waals surface area contributed by atoms with Crippen LogP contribution in [0.1, 0.15) is 66.4 Å². The lowest BCUT2D eigenvalue weighted by molar-refractivity contribution is -0.137. The van der Waals surface area contributed by atoms with E-state index in [0.717, 1.165) is 50.9 Å². The van der Waals surface area contributed by atoms with Gasteiger partial charge in [-0.25, -0.2) is 9.78 Å². The summed E-state index contributed by atoms with van der Waals surface area (Å²) >= 11 is 0. The molecule has 2 aliphatic rings. The van der Waals surface area contributed by atoms with E-state index in [9.17, 15) is 23.1 Å². The van der Waals surface area contributed by atoms with Gasteiger partial charge >= 0.3 is 12.1 Å². The Balaban J connectivity index is 1.52. The minimum Gasteiger partial charge on any atom is -0.478 e. The molecule has 2 fully saturated rings. The van der Waals surface area contributed by atoms with Crippen LogP contribution in [0.4, 0.5) is 13.2 Å². The molecule has 1 aliphatic heterocycles. The van der Waals surface area contributed by atoms with Gasteiger partial charge in [0.25, 0.3) is 0 Å². The molecule has 0 bridgehead atoms. The van der Waals surface area contributed by atoms with Crippen LogP contribution in [-0.4, -0.2) is 40.1 Å². The number of likely N-dealkylation sites (tertiary alicyclic amines) is 1. The van der Waals surface area contributed by atoms with Gasteiger partial charge < -0.3 is 10.0 Å². The minimum atomic E-state index is -4.49. The van der Waals surface area contributed by atoms with Crippen LogP contribution in [0, 0.1) is 5.92 Å². The summed E-state index contributed by atoms with van der Waals surface area (Å²) in [4.78, 5) is 19.9. The van der Waals surface area contributed by atoms with Crippen LogP contribution in [0.3, 0.4) is 0 Å². The molecule has 36 heavy (non-hydrogen) atoms. The maximum absolute atomic E-state index is 13.5. The van der Waals surface area contributed by atoms with Crippen LogP contribution in [0.5, 0.6) is 0 Å². The number of piperidine rings is 1. The molecular formula is C29H31F3N2O2. The summed E-state index contributed by atoms with van der Waals surface area (Å²) in [6, 6.07) is 12.6. The van der Waals surface area contributed by atoms with E-state index in [0.29, 0.717) is 40.2 Å². The number of benzene rings is 2. The molecule has 5 rings (SSSR count). The molecule has 2 aromatic carbocycles. The van der Waals surface area contributed by atoms with Crippen molar-refractivity contribution in [1.82, 2.24) is 9.88 Å². The average molecular weight is 497 g/mol. The normalized spacial score (nSPS) is 21.5. The second-order valence-electron chi connectivity index (χ2n) is 10.2. The first-order valence-electron chi connectivity index (χ1n) is 12.9. The lowest BCUT2D eigenvalue weighted by Gasteiger charge is -2.39. The van der Waals surface area contributed by atoms with Crippen molar-refractivity contribution in [2.75, 3.05) is 13.1 Å². The van der Waals surface area contributed by atoms with Crippen molar-refractivity contribution in [3.05, 3.63) is 65.2 Å². The van der Waals surface area contributed by atoms with E-state index >= 15 is 0 Å². The van der Waals surface area contributed by atoms with Crippen molar-refractivity contribution in [3.8, 4) is 11.3 Å². The van der Waals surface area contributed by atoms with Crippen LogP contribution in [0.2, 0.25) is 0 Å². The number of aromatic carboxylic acids is 1. The molecular weight excluding hydrogens is 465 g/mol. The molecule has 1 aromatic heterocycles. The molecule has 1 saturated heterocycles.